The van der Waals surface area contributed by atoms with Gasteiger partial charge in [0, 0.05) is 38.8 Å². The Balaban J connectivity index is 2.18. The lowest BCUT2D eigenvalue weighted by Crippen LogP contribution is -2.48. The van der Waals surface area contributed by atoms with E-state index in [2.05, 4.69) is 49.9 Å². The summed E-state index contributed by atoms with van der Waals surface area (Å²) in [4.78, 5) is 15.7. The molecule has 1 saturated heterocycles. The number of hydrogen-bond acceptors (Lipinski definition) is 2. The number of rotatable bonds is 1. The Bertz CT molecular complexity index is 454. The molecule has 1 aliphatic heterocycles. The van der Waals surface area contributed by atoms with Gasteiger partial charge in [0.2, 0.25) is 5.91 Å². The van der Waals surface area contributed by atoms with Crippen LogP contribution in [0, 0.1) is 0 Å². The van der Waals surface area contributed by atoms with E-state index in [0.29, 0.717) is 0 Å². The van der Waals surface area contributed by atoms with Crippen LogP contribution in [-0.2, 0) is 10.2 Å². The zero-order chi connectivity index (χ0) is 14.0. The Morgan fingerprint density at radius 2 is 1.63 bits per heavy atom. The Morgan fingerprint density at radius 1 is 1.05 bits per heavy atom. The largest absolute Gasteiger partial charge is 0.368 e. The van der Waals surface area contributed by atoms with Crippen LogP contribution >= 0.6 is 0 Å². The second-order valence-corrected chi connectivity index (χ2v) is 6.26. The molecule has 0 atom stereocenters. The number of nitrogens with zero attached hydrogens (tertiary/aromatic N) is 2. The minimum Gasteiger partial charge on any atom is -0.368 e. The summed E-state index contributed by atoms with van der Waals surface area (Å²) < 4.78 is 0. The van der Waals surface area contributed by atoms with Crippen molar-refractivity contribution in [2.24, 2.45) is 0 Å². The molecule has 1 fully saturated rings. The number of carbonyl (C=O) groups is 1. The zero-order valence-corrected chi connectivity index (χ0v) is 12.4. The van der Waals surface area contributed by atoms with E-state index in [1.165, 1.54) is 11.3 Å². The minimum absolute atomic E-state index is 0.147. The third-order valence-electron chi connectivity index (χ3n) is 3.78. The molecule has 0 saturated carbocycles. The summed E-state index contributed by atoms with van der Waals surface area (Å²) in [6, 6.07) is 8.62. The molecule has 3 heteroatoms. The number of benzene rings is 1. The second-order valence-electron chi connectivity index (χ2n) is 6.26. The predicted octanol–water partition coefficient (Wildman–Crippen LogP) is 2.65. The molecular formula is C16H24N2O. The van der Waals surface area contributed by atoms with Crippen LogP contribution < -0.4 is 4.90 Å². The maximum Gasteiger partial charge on any atom is 0.219 e. The van der Waals surface area contributed by atoms with E-state index in [9.17, 15) is 4.79 Å². The third kappa shape index (κ3) is 3.09. The van der Waals surface area contributed by atoms with Gasteiger partial charge < -0.3 is 9.80 Å². The minimum atomic E-state index is 0.147. The highest BCUT2D eigenvalue weighted by atomic mass is 16.2. The van der Waals surface area contributed by atoms with Crippen LogP contribution in [0.5, 0.6) is 0 Å². The normalized spacial score (nSPS) is 16.6. The van der Waals surface area contributed by atoms with Gasteiger partial charge in [0.25, 0.3) is 0 Å². The van der Waals surface area contributed by atoms with Crippen molar-refractivity contribution < 1.29 is 4.79 Å². The first-order valence-electron chi connectivity index (χ1n) is 6.99. The summed E-state index contributed by atoms with van der Waals surface area (Å²) in [6.45, 7) is 11.9. The highest BCUT2D eigenvalue weighted by molar-refractivity contribution is 5.73. The fourth-order valence-corrected chi connectivity index (χ4v) is 2.65. The van der Waals surface area contributed by atoms with Crippen molar-refractivity contribution >= 4 is 11.6 Å². The molecule has 0 radical (unpaired) electrons. The molecule has 0 aromatic heterocycles. The van der Waals surface area contributed by atoms with E-state index in [1.54, 1.807) is 6.92 Å². The highest BCUT2D eigenvalue weighted by Crippen LogP contribution is 2.32. The number of para-hydroxylation sites is 1. The van der Waals surface area contributed by atoms with Gasteiger partial charge >= 0.3 is 0 Å². The molecule has 0 spiro atoms. The molecule has 1 aromatic carbocycles. The number of hydrogen-bond donors (Lipinski definition) is 0. The molecule has 0 aliphatic carbocycles. The van der Waals surface area contributed by atoms with E-state index >= 15 is 0 Å². The van der Waals surface area contributed by atoms with Crippen LogP contribution in [0.15, 0.2) is 24.3 Å². The van der Waals surface area contributed by atoms with Crippen molar-refractivity contribution in [3.8, 4) is 0 Å². The average Bonchev–Trinajstić information content (AvgIpc) is 2.38. The van der Waals surface area contributed by atoms with Gasteiger partial charge in [-0.1, -0.05) is 39.0 Å². The summed E-state index contributed by atoms with van der Waals surface area (Å²) in [7, 11) is 0. The molecule has 104 valence electrons. The molecule has 3 nitrogen and oxygen atoms in total. The fraction of sp³-hybridized carbons (Fsp3) is 0.562. The molecule has 0 unspecified atom stereocenters. The highest BCUT2D eigenvalue weighted by Gasteiger charge is 2.24. The van der Waals surface area contributed by atoms with Crippen molar-refractivity contribution in [2.75, 3.05) is 31.1 Å². The molecule has 1 amide bonds. The summed E-state index contributed by atoms with van der Waals surface area (Å²) in [5, 5.41) is 0. The van der Waals surface area contributed by atoms with Crippen molar-refractivity contribution in [3.63, 3.8) is 0 Å². The standard InChI is InChI=1S/C16H24N2O/c1-13(19)17-9-11-18(12-10-17)15-8-6-5-7-14(15)16(2,3)4/h5-8H,9-12H2,1-4H3. The second kappa shape index (κ2) is 5.24. The molecule has 19 heavy (non-hydrogen) atoms. The summed E-state index contributed by atoms with van der Waals surface area (Å²) in [5.74, 6) is 0.184. The first-order valence-corrected chi connectivity index (χ1v) is 6.99. The van der Waals surface area contributed by atoms with Crippen molar-refractivity contribution in [2.45, 2.75) is 33.1 Å². The number of amides is 1. The Labute approximate surface area is 116 Å². The van der Waals surface area contributed by atoms with Gasteiger partial charge in [-0.3, -0.25) is 4.79 Å². The molecule has 1 aliphatic rings. The quantitative estimate of drug-likeness (QED) is 0.775. The fourth-order valence-electron chi connectivity index (χ4n) is 2.65. The lowest BCUT2D eigenvalue weighted by Gasteiger charge is -2.38. The monoisotopic (exact) mass is 260 g/mol. The van der Waals surface area contributed by atoms with E-state index in [0.717, 1.165) is 26.2 Å². The Hall–Kier alpha value is -1.51. The van der Waals surface area contributed by atoms with Gasteiger partial charge in [0.15, 0.2) is 0 Å². The summed E-state index contributed by atoms with van der Waals surface area (Å²) in [6.07, 6.45) is 0. The van der Waals surface area contributed by atoms with Crippen LogP contribution in [-0.4, -0.2) is 37.0 Å². The van der Waals surface area contributed by atoms with Crippen LogP contribution in [0.4, 0.5) is 5.69 Å². The lowest BCUT2D eigenvalue weighted by molar-refractivity contribution is -0.129. The SMILES string of the molecule is CC(=O)N1CCN(c2ccccc2C(C)(C)C)CC1. The zero-order valence-electron chi connectivity index (χ0n) is 12.4. The van der Waals surface area contributed by atoms with Crippen LogP contribution in [0.3, 0.4) is 0 Å². The van der Waals surface area contributed by atoms with Gasteiger partial charge in [0.1, 0.15) is 0 Å². The van der Waals surface area contributed by atoms with Crippen molar-refractivity contribution in [1.82, 2.24) is 4.90 Å². The van der Waals surface area contributed by atoms with Gasteiger partial charge in [-0.05, 0) is 17.0 Å². The third-order valence-corrected chi connectivity index (χ3v) is 3.78. The molecule has 2 rings (SSSR count). The number of piperazine rings is 1. The lowest BCUT2D eigenvalue weighted by atomic mass is 9.85. The van der Waals surface area contributed by atoms with Crippen molar-refractivity contribution in [3.05, 3.63) is 29.8 Å². The van der Waals surface area contributed by atoms with Crippen LogP contribution in [0.25, 0.3) is 0 Å². The first-order chi connectivity index (χ1) is 8.89. The molecule has 0 N–H and O–H groups in total. The molecular weight excluding hydrogens is 236 g/mol. The van der Waals surface area contributed by atoms with Gasteiger partial charge in [-0.25, -0.2) is 0 Å². The van der Waals surface area contributed by atoms with Crippen LogP contribution in [0.2, 0.25) is 0 Å². The van der Waals surface area contributed by atoms with E-state index in [4.69, 9.17) is 0 Å². The molecule has 0 bridgehead atoms. The summed E-state index contributed by atoms with van der Waals surface area (Å²) >= 11 is 0. The summed E-state index contributed by atoms with van der Waals surface area (Å²) in [5.41, 5.74) is 2.85. The molecule has 1 heterocycles. The van der Waals surface area contributed by atoms with E-state index in [1.807, 2.05) is 4.90 Å². The van der Waals surface area contributed by atoms with Crippen LogP contribution in [0.1, 0.15) is 33.3 Å². The van der Waals surface area contributed by atoms with E-state index < -0.39 is 0 Å². The Morgan fingerprint density at radius 3 is 2.16 bits per heavy atom. The average molecular weight is 260 g/mol. The molecule has 1 aromatic rings. The Kier molecular flexibility index (Phi) is 3.83. The first kappa shape index (κ1) is 13.9. The maximum atomic E-state index is 11.4. The number of anilines is 1. The topological polar surface area (TPSA) is 23.6 Å². The van der Waals surface area contributed by atoms with E-state index in [-0.39, 0.29) is 11.3 Å². The predicted molar refractivity (Wildman–Crippen MR) is 79.6 cm³/mol. The maximum absolute atomic E-state index is 11.4. The van der Waals surface area contributed by atoms with Crippen molar-refractivity contribution in [1.29, 1.82) is 0 Å². The van der Waals surface area contributed by atoms with Gasteiger partial charge in [-0.15, -0.1) is 0 Å². The number of carbonyl (C=O) groups excluding carboxylic acids is 1. The smallest absolute Gasteiger partial charge is 0.219 e. The van der Waals surface area contributed by atoms with Gasteiger partial charge in [0.05, 0.1) is 0 Å². The van der Waals surface area contributed by atoms with Gasteiger partial charge in [-0.2, -0.15) is 0 Å².